The van der Waals surface area contributed by atoms with E-state index in [1.165, 1.54) is 25.7 Å². The number of unbranched alkanes of at least 4 members (excludes halogenated alkanes) is 4. The smallest absolute Gasteiger partial charge is 0.222 e. The predicted molar refractivity (Wildman–Crippen MR) is 74.0 cm³/mol. The minimum atomic E-state index is 0.331. The molecule has 0 fully saturated rings. The Kier molecular flexibility index (Phi) is 11.4. The molecule has 3 heteroatoms. The fraction of sp³-hybridized carbons (Fsp3) is 0.923. The van der Waals surface area contributed by atoms with E-state index in [1.54, 1.807) is 0 Å². The monoisotopic (exact) mass is 291 g/mol. The first-order chi connectivity index (χ1) is 7.76. The molecule has 96 valence electrons. The molecule has 2 nitrogen and oxygen atoms in total. The largest absolute Gasteiger partial charge is 0.342 e. The summed E-state index contributed by atoms with van der Waals surface area (Å²) in [5, 5.41) is 0.884. The van der Waals surface area contributed by atoms with Crippen LogP contribution in [0, 0.1) is 0 Å². The number of carbonyl (C=O) groups excluding carboxylic acids is 1. The molecule has 0 aliphatic heterocycles. The lowest BCUT2D eigenvalue weighted by atomic mass is 10.1. The fourth-order valence-corrected chi connectivity index (χ4v) is 2.20. The molecule has 0 aromatic heterocycles. The van der Waals surface area contributed by atoms with Crippen LogP contribution >= 0.6 is 15.9 Å². The number of halogens is 1. The topological polar surface area (TPSA) is 20.3 Å². The zero-order valence-corrected chi connectivity index (χ0v) is 12.4. The Bertz CT molecular complexity index is 167. The van der Waals surface area contributed by atoms with Gasteiger partial charge in [-0.05, 0) is 12.8 Å². The highest BCUT2D eigenvalue weighted by Crippen LogP contribution is 2.07. The molecule has 0 radical (unpaired) electrons. The maximum absolute atomic E-state index is 11.9. The number of hydrogen-bond donors (Lipinski definition) is 0. The predicted octanol–water partition coefficient (Wildman–Crippen LogP) is 3.98. The van der Waals surface area contributed by atoms with E-state index in [2.05, 4.69) is 29.8 Å². The van der Waals surface area contributed by atoms with E-state index < -0.39 is 0 Å². The van der Waals surface area contributed by atoms with Crippen molar-refractivity contribution in [3.63, 3.8) is 0 Å². The molecule has 0 N–H and O–H groups in total. The molecule has 0 saturated carbocycles. The average Bonchev–Trinajstić information content (AvgIpc) is 2.28. The minimum Gasteiger partial charge on any atom is -0.342 e. The summed E-state index contributed by atoms with van der Waals surface area (Å²) >= 11 is 3.40. The SMILES string of the molecule is CCCCCCCC(=O)N(CCC)CCBr. The molecule has 0 aromatic rings. The number of hydrogen-bond acceptors (Lipinski definition) is 1. The third-order valence-corrected chi connectivity index (χ3v) is 3.05. The van der Waals surface area contributed by atoms with Gasteiger partial charge in [-0.15, -0.1) is 0 Å². The van der Waals surface area contributed by atoms with E-state index in [1.807, 2.05) is 4.90 Å². The Balaban J connectivity index is 3.65. The van der Waals surface area contributed by atoms with Crippen molar-refractivity contribution in [2.45, 2.75) is 58.8 Å². The second kappa shape index (κ2) is 11.4. The Morgan fingerprint density at radius 2 is 1.69 bits per heavy atom. The highest BCUT2D eigenvalue weighted by atomic mass is 79.9. The van der Waals surface area contributed by atoms with Crippen LogP contribution < -0.4 is 0 Å². The second-order valence-corrected chi connectivity index (χ2v) is 5.03. The average molecular weight is 292 g/mol. The van der Waals surface area contributed by atoms with E-state index in [4.69, 9.17) is 0 Å². The highest BCUT2D eigenvalue weighted by Gasteiger charge is 2.10. The first-order valence-electron chi connectivity index (χ1n) is 6.60. The molecule has 0 spiro atoms. The molecule has 0 bridgehead atoms. The summed E-state index contributed by atoms with van der Waals surface area (Å²) in [5.74, 6) is 0.331. The van der Waals surface area contributed by atoms with Gasteiger partial charge in [0.05, 0.1) is 0 Å². The lowest BCUT2D eigenvalue weighted by Crippen LogP contribution is -2.33. The van der Waals surface area contributed by atoms with E-state index in [-0.39, 0.29) is 0 Å². The summed E-state index contributed by atoms with van der Waals surface area (Å²) in [6.45, 7) is 6.08. The summed E-state index contributed by atoms with van der Waals surface area (Å²) in [5.41, 5.74) is 0. The lowest BCUT2D eigenvalue weighted by Gasteiger charge is -2.21. The van der Waals surface area contributed by atoms with Crippen LogP contribution in [-0.4, -0.2) is 29.2 Å². The Labute approximate surface area is 109 Å². The second-order valence-electron chi connectivity index (χ2n) is 4.23. The van der Waals surface area contributed by atoms with Crippen LogP contribution in [0.1, 0.15) is 58.8 Å². The van der Waals surface area contributed by atoms with E-state index >= 15 is 0 Å². The number of carbonyl (C=O) groups is 1. The van der Waals surface area contributed by atoms with Gasteiger partial charge >= 0.3 is 0 Å². The van der Waals surface area contributed by atoms with Gasteiger partial charge in [-0.25, -0.2) is 0 Å². The molecule has 0 heterocycles. The lowest BCUT2D eigenvalue weighted by molar-refractivity contribution is -0.131. The standard InChI is InChI=1S/C13H26BrNO/c1-3-5-6-7-8-9-13(16)15(11-4-2)12-10-14/h3-12H2,1-2H3. The van der Waals surface area contributed by atoms with Gasteiger partial charge in [0.1, 0.15) is 0 Å². The molecule has 0 aromatic carbocycles. The van der Waals surface area contributed by atoms with Crippen molar-refractivity contribution in [1.29, 1.82) is 0 Å². The van der Waals surface area contributed by atoms with Crippen molar-refractivity contribution in [3.05, 3.63) is 0 Å². The summed E-state index contributed by atoms with van der Waals surface area (Å²) in [7, 11) is 0. The first-order valence-corrected chi connectivity index (χ1v) is 7.72. The number of nitrogens with zero attached hydrogens (tertiary/aromatic N) is 1. The Morgan fingerprint density at radius 3 is 2.25 bits per heavy atom. The maximum atomic E-state index is 11.9. The molecule has 0 atom stereocenters. The van der Waals surface area contributed by atoms with E-state index in [0.717, 1.165) is 37.7 Å². The molecular weight excluding hydrogens is 266 g/mol. The summed E-state index contributed by atoms with van der Waals surface area (Å²) in [6, 6.07) is 0. The molecule has 16 heavy (non-hydrogen) atoms. The fourth-order valence-electron chi connectivity index (χ4n) is 1.77. The molecule has 0 saturated heterocycles. The number of alkyl halides is 1. The van der Waals surface area contributed by atoms with Gasteiger partial charge in [-0.1, -0.05) is 55.5 Å². The van der Waals surface area contributed by atoms with Gasteiger partial charge in [0.2, 0.25) is 5.91 Å². The number of amides is 1. The van der Waals surface area contributed by atoms with Crippen molar-refractivity contribution in [2.75, 3.05) is 18.4 Å². The quantitative estimate of drug-likeness (QED) is 0.440. The summed E-state index contributed by atoms with van der Waals surface area (Å²) < 4.78 is 0. The molecule has 0 rings (SSSR count). The van der Waals surface area contributed by atoms with Crippen molar-refractivity contribution in [2.24, 2.45) is 0 Å². The molecule has 0 aliphatic carbocycles. The molecule has 0 unspecified atom stereocenters. The number of rotatable bonds is 10. The molecule has 1 amide bonds. The Morgan fingerprint density at radius 1 is 1.00 bits per heavy atom. The van der Waals surface area contributed by atoms with Crippen molar-refractivity contribution >= 4 is 21.8 Å². The van der Waals surface area contributed by atoms with E-state index in [0.29, 0.717) is 5.91 Å². The van der Waals surface area contributed by atoms with Crippen LogP contribution in [0.2, 0.25) is 0 Å². The first kappa shape index (κ1) is 16.0. The summed E-state index contributed by atoms with van der Waals surface area (Å²) in [4.78, 5) is 13.8. The van der Waals surface area contributed by atoms with Gasteiger partial charge in [-0.3, -0.25) is 4.79 Å². The van der Waals surface area contributed by atoms with Gasteiger partial charge in [0, 0.05) is 24.8 Å². The van der Waals surface area contributed by atoms with E-state index in [9.17, 15) is 4.79 Å². The normalized spacial score (nSPS) is 10.4. The van der Waals surface area contributed by atoms with Crippen LogP contribution in [-0.2, 0) is 4.79 Å². The third kappa shape index (κ3) is 8.14. The highest BCUT2D eigenvalue weighted by molar-refractivity contribution is 9.09. The minimum absolute atomic E-state index is 0.331. The third-order valence-electron chi connectivity index (χ3n) is 2.69. The van der Waals surface area contributed by atoms with Crippen molar-refractivity contribution in [1.82, 2.24) is 4.90 Å². The van der Waals surface area contributed by atoms with Gasteiger partial charge in [0.25, 0.3) is 0 Å². The molecule has 0 aliphatic rings. The van der Waals surface area contributed by atoms with Gasteiger partial charge in [-0.2, -0.15) is 0 Å². The maximum Gasteiger partial charge on any atom is 0.222 e. The van der Waals surface area contributed by atoms with Crippen LogP contribution in [0.5, 0.6) is 0 Å². The van der Waals surface area contributed by atoms with Gasteiger partial charge < -0.3 is 4.90 Å². The summed E-state index contributed by atoms with van der Waals surface area (Å²) in [6.07, 6.45) is 7.88. The van der Waals surface area contributed by atoms with Crippen LogP contribution in [0.15, 0.2) is 0 Å². The Hall–Kier alpha value is -0.0500. The van der Waals surface area contributed by atoms with Crippen LogP contribution in [0.25, 0.3) is 0 Å². The zero-order valence-electron chi connectivity index (χ0n) is 10.8. The zero-order chi connectivity index (χ0) is 12.2. The van der Waals surface area contributed by atoms with Crippen molar-refractivity contribution in [3.8, 4) is 0 Å². The van der Waals surface area contributed by atoms with Crippen molar-refractivity contribution < 1.29 is 4.79 Å². The van der Waals surface area contributed by atoms with Crippen LogP contribution in [0.4, 0.5) is 0 Å². The van der Waals surface area contributed by atoms with Crippen LogP contribution in [0.3, 0.4) is 0 Å². The van der Waals surface area contributed by atoms with Gasteiger partial charge in [0.15, 0.2) is 0 Å². The molecular formula is C13H26BrNO.